The van der Waals surface area contributed by atoms with Gasteiger partial charge in [0.05, 0.1) is 18.1 Å². The van der Waals surface area contributed by atoms with Gasteiger partial charge in [0.2, 0.25) is 0 Å². The first-order valence-corrected chi connectivity index (χ1v) is 9.42. The summed E-state index contributed by atoms with van der Waals surface area (Å²) in [6.07, 6.45) is 5.07. The molecule has 1 fully saturated rings. The quantitative estimate of drug-likeness (QED) is 0.861. The second-order valence-corrected chi connectivity index (χ2v) is 7.85. The molecule has 1 aliphatic rings. The van der Waals surface area contributed by atoms with E-state index in [1.54, 1.807) is 18.1 Å². The number of furan rings is 1. The predicted molar refractivity (Wildman–Crippen MR) is 108 cm³/mol. The van der Waals surface area contributed by atoms with E-state index in [1.807, 2.05) is 39.0 Å². The van der Waals surface area contributed by atoms with E-state index in [0.29, 0.717) is 29.8 Å². The van der Waals surface area contributed by atoms with Crippen molar-refractivity contribution in [1.29, 1.82) is 0 Å². The fourth-order valence-corrected chi connectivity index (χ4v) is 3.18. The first-order valence-electron chi connectivity index (χ1n) is 9.42. The van der Waals surface area contributed by atoms with Crippen LogP contribution in [0, 0.1) is 0 Å². The van der Waals surface area contributed by atoms with Crippen LogP contribution in [-0.4, -0.2) is 66.4 Å². The molecule has 1 aromatic carbocycles. The highest BCUT2D eigenvalue weighted by Crippen LogP contribution is 2.35. The molecular formula is C21H28N2O5. The van der Waals surface area contributed by atoms with E-state index in [0.717, 1.165) is 25.2 Å². The summed E-state index contributed by atoms with van der Waals surface area (Å²) in [5, 5.41) is 10.5. The van der Waals surface area contributed by atoms with E-state index >= 15 is 0 Å². The Kier molecular flexibility index (Phi) is 5.84. The van der Waals surface area contributed by atoms with Crippen molar-refractivity contribution in [3.05, 3.63) is 30.0 Å². The van der Waals surface area contributed by atoms with Crippen molar-refractivity contribution in [2.75, 3.05) is 39.8 Å². The molecule has 28 heavy (non-hydrogen) atoms. The maximum Gasteiger partial charge on any atom is 0.410 e. The van der Waals surface area contributed by atoms with E-state index < -0.39 is 5.60 Å². The summed E-state index contributed by atoms with van der Waals surface area (Å²) in [7, 11) is 1.61. The lowest BCUT2D eigenvalue weighted by Gasteiger charge is -2.35. The van der Waals surface area contributed by atoms with Crippen molar-refractivity contribution < 1.29 is 23.8 Å². The molecule has 2 aromatic rings. The van der Waals surface area contributed by atoms with Crippen molar-refractivity contribution in [3.8, 4) is 11.5 Å². The number of hydrogen-bond donors (Lipinski definition) is 1. The van der Waals surface area contributed by atoms with Crippen LogP contribution in [0.2, 0.25) is 0 Å². The van der Waals surface area contributed by atoms with E-state index in [1.165, 1.54) is 6.26 Å². The lowest BCUT2D eigenvalue weighted by atomic mass is 10.1. The number of carbonyl (C=O) groups is 1. The topological polar surface area (TPSA) is 75.4 Å². The van der Waals surface area contributed by atoms with Gasteiger partial charge in [-0.2, -0.15) is 0 Å². The number of hydrogen-bond acceptors (Lipinski definition) is 6. The Morgan fingerprint density at radius 2 is 1.96 bits per heavy atom. The number of methoxy groups -OCH3 is 1. The van der Waals surface area contributed by atoms with Gasteiger partial charge in [-0.15, -0.1) is 0 Å². The van der Waals surface area contributed by atoms with Gasteiger partial charge in [0.15, 0.2) is 5.75 Å². The summed E-state index contributed by atoms with van der Waals surface area (Å²) >= 11 is 0. The van der Waals surface area contributed by atoms with Gasteiger partial charge in [-0.05, 0) is 32.9 Å². The molecule has 0 atom stereocenters. The molecular weight excluding hydrogens is 360 g/mol. The van der Waals surface area contributed by atoms with E-state index in [9.17, 15) is 9.90 Å². The average Bonchev–Trinajstić information content (AvgIpc) is 3.02. The Morgan fingerprint density at radius 1 is 1.25 bits per heavy atom. The molecule has 0 saturated carbocycles. The number of benzene rings is 1. The smallest absolute Gasteiger partial charge is 0.410 e. The molecule has 1 aliphatic heterocycles. The van der Waals surface area contributed by atoms with Crippen LogP contribution in [0.15, 0.2) is 28.9 Å². The number of piperazine rings is 1. The second kappa shape index (κ2) is 8.14. The molecule has 1 N–H and O–H groups in total. The fraction of sp³-hybridized carbons (Fsp3) is 0.476. The number of aromatic hydroxyl groups is 1. The molecule has 2 heterocycles. The Hall–Kier alpha value is -2.67. The molecule has 0 unspecified atom stereocenters. The van der Waals surface area contributed by atoms with Crippen LogP contribution in [0.25, 0.3) is 17.0 Å². The molecule has 7 heteroatoms. The summed E-state index contributed by atoms with van der Waals surface area (Å²) in [4.78, 5) is 16.2. The maximum absolute atomic E-state index is 12.1. The number of amides is 1. The maximum atomic E-state index is 12.1. The minimum Gasteiger partial charge on any atom is -0.504 e. The van der Waals surface area contributed by atoms with Crippen LogP contribution in [0.4, 0.5) is 4.79 Å². The number of fused-ring (bicyclic) bond motifs is 1. The second-order valence-electron chi connectivity index (χ2n) is 7.85. The SMILES string of the molecule is COc1ccc2c(O)coc2c1C=CCN1CCN(C(=O)OC(C)(C)C)CC1. The highest BCUT2D eigenvalue weighted by molar-refractivity contribution is 5.92. The highest BCUT2D eigenvalue weighted by Gasteiger charge is 2.25. The summed E-state index contributed by atoms with van der Waals surface area (Å²) in [6, 6.07) is 3.59. The zero-order chi connectivity index (χ0) is 20.3. The van der Waals surface area contributed by atoms with Crippen molar-refractivity contribution in [3.63, 3.8) is 0 Å². The molecule has 3 rings (SSSR count). The lowest BCUT2D eigenvalue weighted by Crippen LogP contribution is -2.49. The van der Waals surface area contributed by atoms with Crippen LogP contribution in [0.3, 0.4) is 0 Å². The molecule has 152 valence electrons. The number of ether oxygens (including phenoxy) is 2. The van der Waals surface area contributed by atoms with Gasteiger partial charge in [-0.25, -0.2) is 4.79 Å². The van der Waals surface area contributed by atoms with Gasteiger partial charge in [-0.3, -0.25) is 4.90 Å². The van der Waals surface area contributed by atoms with E-state index in [4.69, 9.17) is 13.9 Å². The largest absolute Gasteiger partial charge is 0.504 e. The Labute approximate surface area is 165 Å². The molecule has 1 amide bonds. The molecule has 7 nitrogen and oxygen atoms in total. The van der Waals surface area contributed by atoms with E-state index in [2.05, 4.69) is 4.90 Å². The first kappa shape index (κ1) is 20.1. The Bertz CT molecular complexity index is 858. The van der Waals surface area contributed by atoms with Gasteiger partial charge >= 0.3 is 6.09 Å². The predicted octanol–water partition coefficient (Wildman–Crippen LogP) is 3.71. The average molecular weight is 388 g/mol. The third-order valence-electron chi connectivity index (χ3n) is 4.61. The highest BCUT2D eigenvalue weighted by atomic mass is 16.6. The molecule has 0 bridgehead atoms. The standard InChI is InChI=1S/C21H28N2O5/c1-21(2,3)28-20(25)23-12-10-22(11-13-23)9-5-6-16-18(26-4)8-7-15-17(24)14-27-19(15)16/h5-8,14,24H,9-13H2,1-4H3. The van der Waals surface area contributed by atoms with Crippen molar-refractivity contribution in [2.24, 2.45) is 0 Å². The van der Waals surface area contributed by atoms with Crippen LogP contribution in [0.1, 0.15) is 26.3 Å². The Morgan fingerprint density at radius 3 is 2.61 bits per heavy atom. The number of rotatable bonds is 4. The third-order valence-corrected chi connectivity index (χ3v) is 4.61. The van der Waals surface area contributed by atoms with Crippen LogP contribution in [-0.2, 0) is 4.74 Å². The summed E-state index contributed by atoms with van der Waals surface area (Å²) in [6.45, 7) is 9.23. The van der Waals surface area contributed by atoms with Gasteiger partial charge in [-0.1, -0.05) is 12.2 Å². The van der Waals surface area contributed by atoms with Crippen LogP contribution >= 0.6 is 0 Å². The summed E-state index contributed by atoms with van der Waals surface area (Å²) < 4.78 is 16.3. The fourth-order valence-electron chi connectivity index (χ4n) is 3.18. The Balaban J connectivity index is 1.59. The van der Waals surface area contributed by atoms with Crippen molar-refractivity contribution in [1.82, 2.24) is 9.80 Å². The molecule has 0 radical (unpaired) electrons. The summed E-state index contributed by atoms with van der Waals surface area (Å²) in [5.74, 6) is 0.804. The third kappa shape index (κ3) is 4.59. The van der Waals surface area contributed by atoms with Crippen molar-refractivity contribution in [2.45, 2.75) is 26.4 Å². The minimum absolute atomic E-state index is 0.116. The number of carbonyl (C=O) groups excluding carboxylic acids is 1. The molecule has 0 spiro atoms. The lowest BCUT2D eigenvalue weighted by molar-refractivity contribution is 0.0154. The van der Waals surface area contributed by atoms with Gasteiger partial charge < -0.3 is 23.9 Å². The zero-order valence-electron chi connectivity index (χ0n) is 16.9. The number of nitrogens with zero attached hydrogens (tertiary/aromatic N) is 2. The first-order chi connectivity index (χ1) is 13.3. The monoisotopic (exact) mass is 388 g/mol. The van der Waals surface area contributed by atoms with Gasteiger partial charge in [0.25, 0.3) is 0 Å². The summed E-state index contributed by atoms with van der Waals surface area (Å²) in [5.41, 5.74) is 0.924. The normalized spacial score (nSPS) is 16.1. The molecule has 1 aromatic heterocycles. The zero-order valence-corrected chi connectivity index (χ0v) is 16.9. The minimum atomic E-state index is -0.475. The van der Waals surface area contributed by atoms with E-state index in [-0.39, 0.29) is 11.8 Å². The van der Waals surface area contributed by atoms with Crippen LogP contribution in [0.5, 0.6) is 11.5 Å². The molecule has 0 aliphatic carbocycles. The van der Waals surface area contributed by atoms with Gasteiger partial charge in [0, 0.05) is 32.7 Å². The van der Waals surface area contributed by atoms with Crippen molar-refractivity contribution >= 4 is 23.1 Å². The van der Waals surface area contributed by atoms with Gasteiger partial charge in [0.1, 0.15) is 23.2 Å². The molecule has 1 saturated heterocycles. The van der Waals surface area contributed by atoms with Crippen LogP contribution < -0.4 is 4.74 Å².